The summed E-state index contributed by atoms with van der Waals surface area (Å²) in [5.74, 6) is 0.748. The second kappa shape index (κ2) is 7.14. The predicted octanol–water partition coefficient (Wildman–Crippen LogP) is 3.64. The first kappa shape index (κ1) is 16.0. The van der Waals surface area contributed by atoms with Crippen molar-refractivity contribution in [1.29, 1.82) is 0 Å². The lowest BCUT2D eigenvalue weighted by Crippen LogP contribution is -2.03. The van der Waals surface area contributed by atoms with Crippen LogP contribution >= 0.6 is 0 Å². The summed E-state index contributed by atoms with van der Waals surface area (Å²) in [6.07, 6.45) is 9.06. The van der Waals surface area contributed by atoms with Crippen molar-refractivity contribution >= 4 is 5.82 Å². The molecule has 1 aromatic carbocycles. The molecule has 4 aromatic rings. The number of pyridine rings is 1. The quantitative estimate of drug-likeness (QED) is 0.600. The third-order valence-corrected chi connectivity index (χ3v) is 3.98. The first-order chi connectivity index (χ1) is 12.8. The van der Waals surface area contributed by atoms with Crippen LogP contribution in [0, 0.1) is 6.92 Å². The Morgan fingerprint density at radius 1 is 0.962 bits per heavy atom. The fraction of sp³-hybridized carbons (Fsp3) is 0.100. The molecule has 0 atom stereocenters. The molecule has 128 valence electrons. The van der Waals surface area contributed by atoms with Crippen molar-refractivity contribution < 1.29 is 0 Å². The van der Waals surface area contributed by atoms with E-state index in [2.05, 4.69) is 20.3 Å². The summed E-state index contributed by atoms with van der Waals surface area (Å²) in [6, 6.07) is 14.0. The highest BCUT2D eigenvalue weighted by atomic mass is 15.3. The van der Waals surface area contributed by atoms with Gasteiger partial charge in [0.2, 0.25) is 0 Å². The van der Waals surface area contributed by atoms with E-state index in [1.165, 1.54) is 0 Å². The van der Waals surface area contributed by atoms with Gasteiger partial charge < -0.3 is 5.32 Å². The van der Waals surface area contributed by atoms with E-state index in [0.717, 1.165) is 34.0 Å². The lowest BCUT2D eigenvalue weighted by atomic mass is 10.1. The van der Waals surface area contributed by atoms with E-state index in [0.29, 0.717) is 6.54 Å². The lowest BCUT2D eigenvalue weighted by molar-refractivity contribution is 0.883. The van der Waals surface area contributed by atoms with Crippen LogP contribution in [0.4, 0.5) is 5.82 Å². The number of nitrogens with one attached hydrogen (secondary N) is 1. The maximum absolute atomic E-state index is 4.79. The molecule has 6 heteroatoms. The Morgan fingerprint density at radius 3 is 2.54 bits per heavy atom. The Labute approximate surface area is 151 Å². The standard InChI is InChI=1S/C20H18N6/c1-15-11-22-13-19(24-15)23-12-17-14-26(18-5-3-2-4-6-18)25-20(17)16-7-9-21-10-8-16/h2-11,13-14H,12H2,1H3,(H,23,24). The second-order valence-corrected chi connectivity index (χ2v) is 5.92. The maximum Gasteiger partial charge on any atom is 0.145 e. The van der Waals surface area contributed by atoms with E-state index in [1.807, 2.05) is 60.3 Å². The zero-order valence-corrected chi connectivity index (χ0v) is 14.4. The monoisotopic (exact) mass is 342 g/mol. The van der Waals surface area contributed by atoms with Crippen molar-refractivity contribution in [2.75, 3.05) is 5.32 Å². The van der Waals surface area contributed by atoms with E-state index in [4.69, 9.17) is 5.10 Å². The fourth-order valence-electron chi connectivity index (χ4n) is 2.74. The van der Waals surface area contributed by atoms with Gasteiger partial charge in [-0.2, -0.15) is 5.10 Å². The number of anilines is 1. The highest BCUT2D eigenvalue weighted by Crippen LogP contribution is 2.24. The number of hydrogen-bond donors (Lipinski definition) is 1. The highest BCUT2D eigenvalue weighted by Gasteiger charge is 2.12. The molecule has 0 fully saturated rings. The van der Waals surface area contributed by atoms with Crippen LogP contribution in [0.25, 0.3) is 16.9 Å². The average molecular weight is 342 g/mol. The Hall–Kier alpha value is -3.54. The molecule has 0 amide bonds. The van der Waals surface area contributed by atoms with E-state index in [1.54, 1.807) is 24.8 Å². The van der Waals surface area contributed by atoms with Gasteiger partial charge in [-0.25, -0.2) is 9.67 Å². The first-order valence-corrected chi connectivity index (χ1v) is 8.36. The fourth-order valence-corrected chi connectivity index (χ4v) is 2.74. The lowest BCUT2D eigenvalue weighted by Gasteiger charge is -2.06. The smallest absolute Gasteiger partial charge is 0.145 e. The number of nitrogens with zero attached hydrogens (tertiary/aromatic N) is 5. The molecule has 26 heavy (non-hydrogen) atoms. The number of aromatic nitrogens is 5. The number of para-hydroxylation sites is 1. The number of rotatable bonds is 5. The molecule has 6 nitrogen and oxygen atoms in total. The summed E-state index contributed by atoms with van der Waals surface area (Å²) < 4.78 is 1.90. The molecule has 0 spiro atoms. The third kappa shape index (κ3) is 3.44. The van der Waals surface area contributed by atoms with Crippen molar-refractivity contribution in [3.05, 3.63) is 84.7 Å². The van der Waals surface area contributed by atoms with E-state index >= 15 is 0 Å². The molecule has 0 aliphatic carbocycles. The predicted molar refractivity (Wildman–Crippen MR) is 101 cm³/mol. The van der Waals surface area contributed by atoms with Crippen LogP contribution in [0.1, 0.15) is 11.3 Å². The molecule has 1 N–H and O–H groups in total. The van der Waals surface area contributed by atoms with Crippen LogP contribution in [-0.4, -0.2) is 24.7 Å². The number of benzene rings is 1. The minimum atomic E-state index is 0.600. The summed E-state index contributed by atoms with van der Waals surface area (Å²) in [6.45, 7) is 2.52. The Bertz CT molecular complexity index is 995. The van der Waals surface area contributed by atoms with Crippen molar-refractivity contribution in [3.63, 3.8) is 0 Å². The molecule has 0 saturated carbocycles. The molecule has 0 unspecified atom stereocenters. The molecule has 3 aromatic heterocycles. The van der Waals surface area contributed by atoms with Gasteiger partial charge in [-0.1, -0.05) is 18.2 Å². The molecule has 0 saturated heterocycles. The van der Waals surface area contributed by atoms with Crippen LogP contribution in [-0.2, 0) is 6.54 Å². The van der Waals surface area contributed by atoms with E-state index in [-0.39, 0.29) is 0 Å². The van der Waals surface area contributed by atoms with Gasteiger partial charge in [-0.3, -0.25) is 9.97 Å². The van der Waals surface area contributed by atoms with Crippen molar-refractivity contribution in [2.45, 2.75) is 13.5 Å². The van der Waals surface area contributed by atoms with Crippen LogP contribution < -0.4 is 5.32 Å². The largest absolute Gasteiger partial charge is 0.365 e. The van der Waals surface area contributed by atoms with Gasteiger partial charge in [-0.15, -0.1) is 0 Å². The number of hydrogen-bond acceptors (Lipinski definition) is 5. The van der Waals surface area contributed by atoms with Crippen molar-refractivity contribution in [2.24, 2.45) is 0 Å². The normalized spacial score (nSPS) is 10.7. The Morgan fingerprint density at radius 2 is 1.77 bits per heavy atom. The van der Waals surface area contributed by atoms with E-state index in [9.17, 15) is 0 Å². The van der Waals surface area contributed by atoms with Gasteiger partial charge in [0, 0.05) is 42.5 Å². The van der Waals surface area contributed by atoms with E-state index < -0.39 is 0 Å². The van der Waals surface area contributed by atoms with Crippen LogP contribution in [0.3, 0.4) is 0 Å². The van der Waals surface area contributed by atoms with Gasteiger partial charge in [0.05, 0.1) is 23.3 Å². The summed E-state index contributed by atoms with van der Waals surface area (Å²) in [5.41, 5.74) is 4.92. The molecule has 4 rings (SSSR count). The van der Waals surface area contributed by atoms with Gasteiger partial charge in [0.25, 0.3) is 0 Å². The second-order valence-electron chi connectivity index (χ2n) is 5.92. The minimum absolute atomic E-state index is 0.600. The maximum atomic E-state index is 4.79. The van der Waals surface area contributed by atoms with Gasteiger partial charge in [-0.05, 0) is 31.2 Å². The summed E-state index contributed by atoms with van der Waals surface area (Å²) in [4.78, 5) is 12.7. The van der Waals surface area contributed by atoms with Gasteiger partial charge in [0.1, 0.15) is 5.82 Å². The molecule has 0 bridgehead atoms. The van der Waals surface area contributed by atoms with Crippen LogP contribution in [0.2, 0.25) is 0 Å². The van der Waals surface area contributed by atoms with Gasteiger partial charge >= 0.3 is 0 Å². The zero-order chi connectivity index (χ0) is 17.8. The minimum Gasteiger partial charge on any atom is -0.365 e. The molecule has 0 aliphatic rings. The molecule has 3 heterocycles. The van der Waals surface area contributed by atoms with Crippen LogP contribution in [0.15, 0.2) is 73.4 Å². The van der Waals surface area contributed by atoms with Crippen molar-refractivity contribution in [3.8, 4) is 16.9 Å². The molecular formula is C20H18N6. The molecule has 0 radical (unpaired) electrons. The third-order valence-electron chi connectivity index (χ3n) is 3.98. The molecular weight excluding hydrogens is 324 g/mol. The SMILES string of the molecule is Cc1cncc(NCc2cn(-c3ccccc3)nc2-c2ccncc2)n1. The zero-order valence-electron chi connectivity index (χ0n) is 14.4. The summed E-state index contributed by atoms with van der Waals surface area (Å²) in [5, 5.41) is 8.13. The first-order valence-electron chi connectivity index (χ1n) is 8.36. The van der Waals surface area contributed by atoms with Crippen LogP contribution in [0.5, 0.6) is 0 Å². The topological polar surface area (TPSA) is 68.5 Å². The summed E-state index contributed by atoms with van der Waals surface area (Å²) in [7, 11) is 0. The highest BCUT2D eigenvalue weighted by molar-refractivity contribution is 5.63. The Balaban J connectivity index is 1.68. The summed E-state index contributed by atoms with van der Waals surface area (Å²) >= 11 is 0. The van der Waals surface area contributed by atoms with Crippen molar-refractivity contribution in [1.82, 2.24) is 24.7 Å². The average Bonchev–Trinajstić information content (AvgIpc) is 3.12. The van der Waals surface area contributed by atoms with Gasteiger partial charge in [0.15, 0.2) is 0 Å². The number of aryl methyl sites for hydroxylation is 1. The Kier molecular flexibility index (Phi) is 4.38. The molecule has 0 aliphatic heterocycles.